The number of rotatable bonds is 5. The van der Waals surface area contributed by atoms with Crippen LogP contribution in [-0.2, 0) is 19.5 Å². The smallest absolute Gasteiger partial charge is 0.259 e. The van der Waals surface area contributed by atoms with Crippen LogP contribution in [0, 0.1) is 6.92 Å². The van der Waals surface area contributed by atoms with Gasteiger partial charge in [0.1, 0.15) is 5.15 Å². The maximum Gasteiger partial charge on any atom is 0.259 e. The van der Waals surface area contributed by atoms with Gasteiger partial charge in [0.2, 0.25) is 0 Å². The molecule has 0 bridgehead atoms. The number of carbonyl (C=O) groups excluding carboxylic acids is 1. The van der Waals surface area contributed by atoms with Crippen LogP contribution in [0.5, 0.6) is 11.5 Å². The van der Waals surface area contributed by atoms with E-state index in [2.05, 4.69) is 5.10 Å². The summed E-state index contributed by atoms with van der Waals surface area (Å²) in [7, 11) is 3.24. The second-order valence-corrected chi connectivity index (χ2v) is 7.71. The molecule has 0 spiro atoms. The van der Waals surface area contributed by atoms with Gasteiger partial charge in [-0.25, -0.2) is 4.68 Å². The van der Waals surface area contributed by atoms with Crippen LogP contribution < -0.4 is 9.47 Å². The van der Waals surface area contributed by atoms with Gasteiger partial charge in [-0.1, -0.05) is 41.9 Å². The topological polar surface area (TPSA) is 56.6 Å². The normalized spacial score (nSPS) is 13.1. The van der Waals surface area contributed by atoms with Gasteiger partial charge in [0.15, 0.2) is 11.5 Å². The summed E-state index contributed by atoms with van der Waals surface area (Å²) in [6, 6.07) is 13.9. The molecule has 0 unspecified atom stereocenters. The summed E-state index contributed by atoms with van der Waals surface area (Å²) in [5, 5.41) is 4.89. The number of hydrogen-bond acceptors (Lipinski definition) is 4. The van der Waals surface area contributed by atoms with Crippen molar-refractivity contribution >= 4 is 17.5 Å². The molecule has 1 amide bonds. The van der Waals surface area contributed by atoms with Gasteiger partial charge in [0.25, 0.3) is 5.91 Å². The molecular formula is C23H24ClN3O3. The van der Waals surface area contributed by atoms with E-state index in [1.807, 2.05) is 54.3 Å². The van der Waals surface area contributed by atoms with Crippen molar-refractivity contribution in [2.45, 2.75) is 26.4 Å². The maximum absolute atomic E-state index is 13.3. The highest BCUT2D eigenvalue weighted by Gasteiger charge is 2.28. The van der Waals surface area contributed by atoms with Crippen molar-refractivity contribution in [3.8, 4) is 11.5 Å². The van der Waals surface area contributed by atoms with E-state index in [1.54, 1.807) is 18.9 Å². The Bertz CT molecular complexity index is 1080. The molecule has 156 valence electrons. The summed E-state index contributed by atoms with van der Waals surface area (Å²) in [6.45, 7) is 3.45. The number of ether oxygens (including phenoxy) is 2. The van der Waals surface area contributed by atoms with Crippen LogP contribution in [0.2, 0.25) is 5.15 Å². The lowest BCUT2D eigenvalue weighted by Crippen LogP contribution is -2.36. The Morgan fingerprint density at radius 3 is 2.43 bits per heavy atom. The van der Waals surface area contributed by atoms with Crippen LogP contribution in [0.3, 0.4) is 0 Å². The van der Waals surface area contributed by atoms with Gasteiger partial charge in [-0.2, -0.15) is 5.10 Å². The monoisotopic (exact) mass is 425 g/mol. The van der Waals surface area contributed by atoms with Crippen LogP contribution in [0.4, 0.5) is 0 Å². The second kappa shape index (κ2) is 8.40. The third kappa shape index (κ3) is 3.75. The number of aryl methyl sites for hydroxylation is 1. The van der Waals surface area contributed by atoms with E-state index in [0.717, 1.165) is 17.5 Å². The van der Waals surface area contributed by atoms with E-state index < -0.39 is 0 Å². The Hall–Kier alpha value is -2.99. The highest BCUT2D eigenvalue weighted by Crippen LogP contribution is 2.34. The summed E-state index contributed by atoms with van der Waals surface area (Å²) < 4.78 is 12.5. The molecule has 2 aromatic carbocycles. The summed E-state index contributed by atoms with van der Waals surface area (Å²) >= 11 is 6.60. The van der Waals surface area contributed by atoms with Crippen molar-refractivity contribution in [3.05, 3.63) is 75.6 Å². The lowest BCUT2D eigenvalue weighted by molar-refractivity contribution is 0.0734. The van der Waals surface area contributed by atoms with Gasteiger partial charge in [-0.05, 0) is 42.2 Å². The molecule has 0 saturated heterocycles. The minimum atomic E-state index is -0.0998. The Morgan fingerprint density at radius 2 is 1.77 bits per heavy atom. The zero-order valence-corrected chi connectivity index (χ0v) is 18.1. The van der Waals surface area contributed by atoms with Crippen LogP contribution in [0.25, 0.3) is 0 Å². The third-order valence-corrected chi connectivity index (χ3v) is 5.84. The number of methoxy groups -OCH3 is 2. The first kappa shape index (κ1) is 20.3. The van der Waals surface area contributed by atoms with Gasteiger partial charge in [0, 0.05) is 13.1 Å². The molecule has 0 radical (unpaired) electrons. The average molecular weight is 426 g/mol. The molecule has 2 heterocycles. The number of carbonyl (C=O) groups is 1. The molecule has 1 aliphatic rings. The van der Waals surface area contributed by atoms with E-state index in [-0.39, 0.29) is 5.91 Å². The minimum absolute atomic E-state index is 0.0998. The van der Waals surface area contributed by atoms with Crippen molar-refractivity contribution in [3.63, 3.8) is 0 Å². The highest BCUT2D eigenvalue weighted by atomic mass is 35.5. The van der Waals surface area contributed by atoms with Gasteiger partial charge in [0.05, 0.1) is 32.0 Å². The number of aromatic nitrogens is 2. The third-order valence-electron chi connectivity index (χ3n) is 5.46. The summed E-state index contributed by atoms with van der Waals surface area (Å²) in [6.07, 6.45) is 0.746. The van der Waals surface area contributed by atoms with Crippen LogP contribution in [0.15, 0.2) is 42.5 Å². The molecule has 0 atom stereocenters. The Morgan fingerprint density at radius 1 is 1.10 bits per heavy atom. The standard InChI is InChI=1S/C23H24ClN3O3/c1-15-21(22(24)27(25-15)13-16-7-5-4-6-8-16)23(28)26-10-9-17-11-19(29-2)20(30-3)12-18(17)14-26/h4-8,11-12H,9-10,13-14H2,1-3H3. The quantitative estimate of drug-likeness (QED) is 0.617. The number of fused-ring (bicyclic) bond motifs is 1. The molecule has 6 nitrogen and oxygen atoms in total. The van der Waals surface area contributed by atoms with E-state index >= 15 is 0 Å². The van der Waals surface area contributed by atoms with E-state index in [0.29, 0.717) is 47.5 Å². The highest BCUT2D eigenvalue weighted by molar-refractivity contribution is 6.33. The molecule has 0 saturated carbocycles. The second-order valence-electron chi connectivity index (χ2n) is 7.35. The first-order valence-corrected chi connectivity index (χ1v) is 10.2. The molecule has 0 fully saturated rings. The fraction of sp³-hybridized carbons (Fsp3) is 0.304. The molecule has 7 heteroatoms. The Balaban J connectivity index is 1.58. The maximum atomic E-state index is 13.3. The first-order chi connectivity index (χ1) is 14.5. The molecule has 3 aromatic rings. The van der Waals surface area contributed by atoms with Crippen molar-refractivity contribution in [1.29, 1.82) is 0 Å². The molecule has 30 heavy (non-hydrogen) atoms. The van der Waals surface area contributed by atoms with Crippen LogP contribution in [-0.4, -0.2) is 41.4 Å². The van der Waals surface area contributed by atoms with E-state index in [9.17, 15) is 4.79 Å². The largest absolute Gasteiger partial charge is 0.493 e. The van der Waals surface area contributed by atoms with Gasteiger partial charge in [-0.3, -0.25) is 4.79 Å². The molecular weight excluding hydrogens is 402 g/mol. The summed E-state index contributed by atoms with van der Waals surface area (Å²) in [4.78, 5) is 15.1. The molecule has 4 rings (SSSR count). The van der Waals surface area contributed by atoms with Gasteiger partial charge < -0.3 is 14.4 Å². The zero-order chi connectivity index (χ0) is 21.3. The SMILES string of the molecule is COc1cc2c(cc1OC)CN(C(=O)c1c(C)nn(Cc3ccccc3)c1Cl)CC2. The van der Waals surface area contributed by atoms with Crippen molar-refractivity contribution in [2.75, 3.05) is 20.8 Å². The predicted octanol–water partition coefficient (Wildman–Crippen LogP) is 4.11. The Kier molecular flexibility index (Phi) is 5.68. The number of benzene rings is 2. The van der Waals surface area contributed by atoms with Crippen molar-refractivity contribution in [1.82, 2.24) is 14.7 Å². The van der Waals surface area contributed by atoms with Crippen molar-refractivity contribution < 1.29 is 14.3 Å². The molecule has 0 aliphatic carbocycles. The van der Waals surface area contributed by atoms with Gasteiger partial charge in [-0.15, -0.1) is 0 Å². The number of amides is 1. The minimum Gasteiger partial charge on any atom is -0.493 e. The predicted molar refractivity (Wildman–Crippen MR) is 116 cm³/mol. The summed E-state index contributed by atoms with van der Waals surface area (Å²) in [5.41, 5.74) is 4.40. The number of nitrogens with zero attached hydrogens (tertiary/aromatic N) is 3. The molecule has 0 N–H and O–H groups in total. The lowest BCUT2D eigenvalue weighted by Gasteiger charge is -2.29. The zero-order valence-electron chi connectivity index (χ0n) is 17.3. The first-order valence-electron chi connectivity index (χ1n) is 9.81. The fourth-order valence-corrected chi connectivity index (χ4v) is 4.19. The molecule has 1 aromatic heterocycles. The molecule has 1 aliphatic heterocycles. The summed E-state index contributed by atoms with van der Waals surface area (Å²) in [5.74, 6) is 1.27. The lowest BCUT2D eigenvalue weighted by atomic mass is 9.98. The van der Waals surface area contributed by atoms with Gasteiger partial charge >= 0.3 is 0 Å². The van der Waals surface area contributed by atoms with Crippen LogP contribution in [0.1, 0.15) is 32.7 Å². The van der Waals surface area contributed by atoms with E-state index in [1.165, 1.54) is 5.56 Å². The Labute approximate surface area is 181 Å². The van der Waals surface area contributed by atoms with E-state index in [4.69, 9.17) is 21.1 Å². The van der Waals surface area contributed by atoms with Crippen molar-refractivity contribution in [2.24, 2.45) is 0 Å². The number of halogens is 1. The van der Waals surface area contributed by atoms with Crippen LogP contribution >= 0.6 is 11.6 Å². The fourth-order valence-electron chi connectivity index (χ4n) is 3.87. The number of hydrogen-bond donors (Lipinski definition) is 0. The average Bonchev–Trinajstić information content (AvgIpc) is 3.05.